The second-order valence-corrected chi connectivity index (χ2v) is 10.1. The van der Waals surface area contributed by atoms with Crippen LogP contribution in [0.15, 0.2) is 46.3 Å². The van der Waals surface area contributed by atoms with Crippen molar-refractivity contribution in [1.82, 2.24) is 10.6 Å². The van der Waals surface area contributed by atoms with E-state index in [-0.39, 0.29) is 0 Å². The third-order valence-corrected chi connectivity index (χ3v) is 6.15. The first-order valence-corrected chi connectivity index (χ1v) is 13.6. The monoisotopic (exact) mass is 513 g/mol. The number of benzene rings is 2. The van der Waals surface area contributed by atoms with Crippen molar-refractivity contribution in [2.24, 2.45) is 10.9 Å². The van der Waals surface area contributed by atoms with E-state index >= 15 is 0 Å². The lowest BCUT2D eigenvalue weighted by molar-refractivity contribution is -0.110. The molecule has 1 heterocycles. The minimum atomic E-state index is 0.420. The van der Waals surface area contributed by atoms with Crippen molar-refractivity contribution in [3.63, 3.8) is 0 Å². The molecule has 1 fully saturated rings. The largest absolute Gasteiger partial charge is 0.493 e. The topological polar surface area (TPSA) is 62.7 Å². The lowest BCUT2D eigenvalue weighted by atomic mass is 10.1. The second kappa shape index (κ2) is 18.9. The molecule has 1 amide bonds. The number of hydrogen-bond donors (Lipinski definition) is 3. The molecule has 6 heteroatoms. The Morgan fingerprint density at radius 2 is 1.86 bits per heavy atom. The van der Waals surface area contributed by atoms with Crippen LogP contribution in [0.2, 0.25) is 0 Å². The Balaban J connectivity index is 0.000000279. The fourth-order valence-electron chi connectivity index (χ4n) is 3.62. The van der Waals surface area contributed by atoms with Crippen molar-refractivity contribution in [3.05, 3.63) is 53.1 Å². The molecule has 200 valence electrons. The van der Waals surface area contributed by atoms with Gasteiger partial charge in [0.2, 0.25) is 6.41 Å². The minimum absolute atomic E-state index is 0.420. The number of piperidine rings is 1. The van der Waals surface area contributed by atoms with E-state index in [1.54, 1.807) is 0 Å². The third kappa shape index (κ3) is 13.7. The highest BCUT2D eigenvalue weighted by molar-refractivity contribution is 7.80. The van der Waals surface area contributed by atoms with Gasteiger partial charge in [0.15, 0.2) is 0 Å². The Hall–Kier alpha value is -2.31. The molecule has 0 unspecified atom stereocenters. The molecule has 2 aromatic rings. The molecule has 36 heavy (non-hydrogen) atoms. The molecule has 0 spiro atoms. The molecular formula is C30H47N3O2S. The van der Waals surface area contributed by atoms with Gasteiger partial charge in [-0.3, -0.25) is 9.79 Å². The van der Waals surface area contributed by atoms with Crippen molar-refractivity contribution in [1.29, 1.82) is 0 Å². The predicted molar refractivity (Wildman–Crippen MR) is 157 cm³/mol. The third-order valence-electron chi connectivity index (χ3n) is 5.79. The summed E-state index contributed by atoms with van der Waals surface area (Å²) in [7, 11) is 0. The molecule has 5 nitrogen and oxygen atoms in total. The zero-order valence-corrected chi connectivity index (χ0v) is 24.0. The zero-order valence-electron chi connectivity index (χ0n) is 23.1. The second-order valence-electron chi connectivity index (χ2n) is 9.62. The first kappa shape index (κ1) is 31.7. The Morgan fingerprint density at radius 3 is 2.47 bits per heavy atom. The summed E-state index contributed by atoms with van der Waals surface area (Å²) < 4.78 is 5.77. The smallest absolute Gasteiger partial charge is 0.207 e. The van der Waals surface area contributed by atoms with Gasteiger partial charge >= 0.3 is 0 Å². The van der Waals surface area contributed by atoms with Crippen LogP contribution in [0.4, 0.5) is 5.69 Å². The van der Waals surface area contributed by atoms with Gasteiger partial charge in [-0.15, -0.1) is 12.6 Å². The van der Waals surface area contributed by atoms with E-state index in [0.29, 0.717) is 6.04 Å². The number of hydrogen-bond acceptors (Lipinski definition) is 5. The normalized spacial score (nSPS) is 13.4. The summed E-state index contributed by atoms with van der Waals surface area (Å²) in [5.41, 5.74) is 4.65. The highest BCUT2D eigenvalue weighted by Crippen LogP contribution is 2.26. The number of carbonyl (C=O) groups is 1. The SMILES string of the molecule is CCC=Nc1c(C)cccc1S.Cc1ccc(C)c(OCCCC(C)C)c1.O=CNC1CCNCC1. The van der Waals surface area contributed by atoms with Crippen molar-refractivity contribution in [2.45, 2.75) is 84.6 Å². The standard InChI is InChI=1S/C14H22O.C10H13NS.C6H12N2O/c1-11(2)6-5-9-15-14-10-12(3)7-8-13(14)4;1-3-7-11-10-8(2)5-4-6-9(10)12;9-5-8-6-1-3-7-4-2-6/h7-8,10-11H,5-6,9H2,1-4H3;4-7,12H,3H2,1-2H3;5-7H,1-4H2,(H,8,9). The summed E-state index contributed by atoms with van der Waals surface area (Å²) in [4.78, 5) is 15.2. The molecule has 2 aromatic carbocycles. The van der Waals surface area contributed by atoms with Crippen molar-refractivity contribution in [2.75, 3.05) is 19.7 Å². The molecule has 0 aliphatic carbocycles. The fourth-order valence-corrected chi connectivity index (χ4v) is 3.94. The molecule has 3 rings (SSSR count). The Morgan fingerprint density at radius 1 is 1.14 bits per heavy atom. The number of aliphatic imine (C=N–C) groups is 1. The predicted octanol–water partition coefficient (Wildman–Crippen LogP) is 7.00. The van der Waals surface area contributed by atoms with Gasteiger partial charge in [-0.25, -0.2) is 0 Å². The van der Waals surface area contributed by atoms with Gasteiger partial charge in [-0.1, -0.05) is 45.0 Å². The molecular weight excluding hydrogens is 466 g/mol. The van der Waals surface area contributed by atoms with E-state index in [1.165, 1.54) is 23.1 Å². The lowest BCUT2D eigenvalue weighted by Gasteiger charge is -2.21. The number of thiol groups is 1. The van der Waals surface area contributed by atoms with Crippen LogP contribution in [0.25, 0.3) is 0 Å². The molecule has 0 saturated carbocycles. The molecule has 0 atom stereocenters. The van der Waals surface area contributed by atoms with Gasteiger partial charge in [0.05, 0.1) is 12.3 Å². The molecule has 2 N–H and O–H groups in total. The van der Waals surface area contributed by atoms with E-state index < -0.39 is 0 Å². The zero-order chi connectivity index (χ0) is 26.8. The van der Waals surface area contributed by atoms with Gasteiger partial charge in [0, 0.05) is 17.2 Å². The summed E-state index contributed by atoms with van der Waals surface area (Å²) in [6.07, 6.45) is 8.17. The molecule has 1 saturated heterocycles. The number of carbonyl (C=O) groups excluding carboxylic acids is 1. The first-order chi connectivity index (χ1) is 17.3. The number of aryl methyl sites for hydroxylation is 3. The average Bonchev–Trinajstić information content (AvgIpc) is 2.85. The maximum absolute atomic E-state index is 9.94. The van der Waals surface area contributed by atoms with Crippen molar-refractivity contribution in [3.8, 4) is 5.75 Å². The van der Waals surface area contributed by atoms with E-state index in [0.717, 1.165) is 74.0 Å². The van der Waals surface area contributed by atoms with E-state index in [4.69, 9.17) is 4.74 Å². The number of amides is 1. The Kier molecular flexibility index (Phi) is 16.6. The summed E-state index contributed by atoms with van der Waals surface area (Å²) >= 11 is 4.33. The van der Waals surface area contributed by atoms with Gasteiger partial charge in [0.25, 0.3) is 0 Å². The van der Waals surface area contributed by atoms with Gasteiger partial charge < -0.3 is 15.4 Å². The number of rotatable bonds is 9. The van der Waals surface area contributed by atoms with Crippen LogP contribution in [0.3, 0.4) is 0 Å². The summed E-state index contributed by atoms with van der Waals surface area (Å²) in [6, 6.07) is 12.8. The van der Waals surface area contributed by atoms with Crippen LogP contribution in [-0.2, 0) is 4.79 Å². The molecule has 1 aliphatic heterocycles. The molecule has 0 radical (unpaired) electrons. The van der Waals surface area contributed by atoms with Crippen molar-refractivity contribution < 1.29 is 9.53 Å². The highest BCUT2D eigenvalue weighted by atomic mass is 32.1. The maximum atomic E-state index is 9.94. The maximum Gasteiger partial charge on any atom is 0.207 e. The Bertz CT molecular complexity index is 889. The van der Waals surface area contributed by atoms with E-state index in [1.807, 2.05) is 31.3 Å². The van der Waals surface area contributed by atoms with E-state index in [2.05, 4.69) is 81.1 Å². The number of nitrogens with one attached hydrogen (secondary N) is 2. The average molecular weight is 514 g/mol. The molecule has 0 aromatic heterocycles. The van der Waals surface area contributed by atoms with Crippen LogP contribution in [0.1, 0.15) is 69.6 Å². The highest BCUT2D eigenvalue weighted by Gasteiger charge is 2.10. The van der Waals surface area contributed by atoms with Gasteiger partial charge in [-0.05, 0) is 101 Å². The quantitative estimate of drug-likeness (QED) is 0.146. The number of para-hydroxylation sites is 1. The van der Waals surface area contributed by atoms with Crippen LogP contribution >= 0.6 is 12.6 Å². The van der Waals surface area contributed by atoms with Crippen LogP contribution in [0, 0.1) is 26.7 Å². The van der Waals surface area contributed by atoms with Crippen LogP contribution in [0.5, 0.6) is 5.75 Å². The van der Waals surface area contributed by atoms with Crippen LogP contribution < -0.4 is 15.4 Å². The van der Waals surface area contributed by atoms with Gasteiger partial charge in [-0.2, -0.15) is 0 Å². The van der Waals surface area contributed by atoms with Gasteiger partial charge in [0.1, 0.15) is 5.75 Å². The lowest BCUT2D eigenvalue weighted by Crippen LogP contribution is -2.39. The minimum Gasteiger partial charge on any atom is -0.493 e. The molecule has 1 aliphatic rings. The first-order valence-electron chi connectivity index (χ1n) is 13.2. The summed E-state index contributed by atoms with van der Waals surface area (Å²) in [5, 5.41) is 5.98. The van der Waals surface area contributed by atoms with E-state index in [9.17, 15) is 4.79 Å². The number of ether oxygens (including phenoxy) is 1. The van der Waals surface area contributed by atoms with Crippen molar-refractivity contribution >= 4 is 30.9 Å². The molecule has 0 bridgehead atoms. The number of nitrogens with zero attached hydrogens (tertiary/aromatic N) is 1. The Labute approximate surface area is 224 Å². The fraction of sp³-hybridized carbons (Fsp3) is 0.533. The van der Waals surface area contributed by atoms with Crippen LogP contribution in [-0.4, -0.2) is 38.4 Å². The summed E-state index contributed by atoms with van der Waals surface area (Å²) in [5.74, 6) is 1.81. The summed E-state index contributed by atoms with van der Waals surface area (Å²) in [6.45, 7) is 15.7.